The molecule has 0 fully saturated rings. The molecule has 0 aromatic heterocycles. The van der Waals surface area contributed by atoms with Crippen LogP contribution in [0.2, 0.25) is 5.02 Å². The van der Waals surface area contributed by atoms with Crippen molar-refractivity contribution in [2.45, 2.75) is 26.0 Å². The first-order chi connectivity index (χ1) is 7.77. The fourth-order valence-electron chi connectivity index (χ4n) is 1.18. The topological polar surface area (TPSA) is 55.4 Å². The summed E-state index contributed by atoms with van der Waals surface area (Å²) in [7, 11) is -1.92. The Morgan fingerprint density at radius 3 is 2.41 bits per heavy atom. The first-order valence-corrected chi connectivity index (χ1v) is 7.06. The monoisotopic (exact) mass is 277 g/mol. The van der Waals surface area contributed by atoms with Gasteiger partial charge in [-0.2, -0.15) is 0 Å². The predicted octanol–water partition coefficient (Wildman–Crippen LogP) is 2.81. The number of methoxy groups -OCH3 is 1. The molecule has 17 heavy (non-hydrogen) atoms. The average Bonchev–Trinajstić information content (AvgIpc) is 2.22. The third-order valence-corrected chi connectivity index (χ3v) is 4.51. The zero-order chi connectivity index (χ0) is 13.2. The molecule has 0 aliphatic heterocycles. The Labute approximate surface area is 107 Å². The van der Waals surface area contributed by atoms with Gasteiger partial charge in [0.2, 0.25) is 10.0 Å². The summed E-state index contributed by atoms with van der Waals surface area (Å²) in [6.07, 6.45) is 0. The number of nitrogens with one attached hydrogen (secondary N) is 1. The highest BCUT2D eigenvalue weighted by Gasteiger charge is 2.18. The van der Waals surface area contributed by atoms with Crippen molar-refractivity contribution in [1.29, 1.82) is 0 Å². The molecule has 0 saturated carbocycles. The second-order valence-corrected chi connectivity index (χ2v) is 6.64. The summed E-state index contributed by atoms with van der Waals surface area (Å²) in [5.41, 5.74) is 1.19. The molecule has 0 radical (unpaired) electrons. The van der Waals surface area contributed by atoms with E-state index in [2.05, 4.69) is 4.72 Å². The Hall–Kier alpha value is -0.940. The maximum absolute atomic E-state index is 11.8. The number of aryl methyl sites for hydroxylation is 1. The molecule has 0 spiro atoms. The number of sulfonamides is 1. The lowest BCUT2D eigenvalue weighted by Gasteiger charge is -2.15. The van der Waals surface area contributed by atoms with Gasteiger partial charge >= 0.3 is 0 Å². The number of anilines is 1. The van der Waals surface area contributed by atoms with Crippen molar-refractivity contribution in [3.05, 3.63) is 22.7 Å². The Kier molecular flexibility index (Phi) is 4.27. The van der Waals surface area contributed by atoms with Gasteiger partial charge in [-0.3, -0.25) is 4.72 Å². The Bertz CT molecular complexity index is 512. The molecule has 1 N–H and O–H groups in total. The number of rotatable bonds is 4. The average molecular weight is 278 g/mol. The van der Waals surface area contributed by atoms with Crippen LogP contribution < -0.4 is 9.46 Å². The van der Waals surface area contributed by atoms with Crippen molar-refractivity contribution in [3.63, 3.8) is 0 Å². The van der Waals surface area contributed by atoms with Crippen LogP contribution in [-0.4, -0.2) is 20.8 Å². The van der Waals surface area contributed by atoms with Crippen molar-refractivity contribution in [2.75, 3.05) is 11.8 Å². The first-order valence-electron chi connectivity index (χ1n) is 5.13. The van der Waals surface area contributed by atoms with Crippen LogP contribution in [0.1, 0.15) is 19.4 Å². The molecule has 0 aliphatic rings. The second kappa shape index (κ2) is 5.14. The Morgan fingerprint density at radius 2 is 1.94 bits per heavy atom. The van der Waals surface area contributed by atoms with E-state index in [0.29, 0.717) is 16.5 Å². The SMILES string of the molecule is COc1cc(Cl)c(C)cc1NS(=O)(=O)C(C)C. The number of hydrogen-bond acceptors (Lipinski definition) is 3. The van der Waals surface area contributed by atoms with E-state index in [4.69, 9.17) is 16.3 Å². The second-order valence-electron chi connectivity index (χ2n) is 4.00. The molecule has 96 valence electrons. The summed E-state index contributed by atoms with van der Waals surface area (Å²) >= 11 is 5.94. The van der Waals surface area contributed by atoms with E-state index in [9.17, 15) is 8.42 Å². The highest BCUT2D eigenvalue weighted by atomic mass is 35.5. The molecule has 0 amide bonds. The van der Waals surface area contributed by atoms with Crippen molar-refractivity contribution in [2.24, 2.45) is 0 Å². The van der Waals surface area contributed by atoms with Crippen LogP contribution in [0.3, 0.4) is 0 Å². The van der Waals surface area contributed by atoms with Gasteiger partial charge in [-0.25, -0.2) is 8.42 Å². The highest BCUT2D eigenvalue weighted by Crippen LogP contribution is 2.31. The largest absolute Gasteiger partial charge is 0.495 e. The molecule has 0 bridgehead atoms. The molecule has 0 heterocycles. The van der Waals surface area contributed by atoms with Crippen molar-refractivity contribution in [1.82, 2.24) is 0 Å². The van der Waals surface area contributed by atoms with Crippen LogP contribution in [0, 0.1) is 6.92 Å². The molecule has 0 unspecified atom stereocenters. The van der Waals surface area contributed by atoms with Gasteiger partial charge in [0.1, 0.15) is 5.75 Å². The van der Waals surface area contributed by atoms with Crippen molar-refractivity contribution >= 4 is 27.3 Å². The molecule has 1 aromatic carbocycles. The number of ether oxygens (including phenoxy) is 1. The lowest BCUT2D eigenvalue weighted by Crippen LogP contribution is -2.22. The highest BCUT2D eigenvalue weighted by molar-refractivity contribution is 7.93. The lowest BCUT2D eigenvalue weighted by molar-refractivity contribution is 0.417. The van der Waals surface area contributed by atoms with Crippen LogP contribution in [-0.2, 0) is 10.0 Å². The molecule has 0 saturated heterocycles. The van der Waals surface area contributed by atoms with E-state index < -0.39 is 15.3 Å². The van der Waals surface area contributed by atoms with E-state index in [1.165, 1.54) is 7.11 Å². The summed E-state index contributed by atoms with van der Waals surface area (Å²) in [5, 5.41) is 0.0255. The minimum atomic E-state index is -3.39. The molecule has 4 nitrogen and oxygen atoms in total. The van der Waals surface area contributed by atoms with E-state index in [1.807, 2.05) is 0 Å². The zero-order valence-corrected chi connectivity index (χ0v) is 11.8. The van der Waals surface area contributed by atoms with E-state index in [-0.39, 0.29) is 0 Å². The fraction of sp³-hybridized carbons (Fsp3) is 0.455. The molecular formula is C11H16ClNO3S. The van der Waals surface area contributed by atoms with Crippen molar-refractivity contribution < 1.29 is 13.2 Å². The van der Waals surface area contributed by atoms with Gasteiger partial charge in [-0.05, 0) is 32.4 Å². The molecule has 0 aliphatic carbocycles. The summed E-state index contributed by atoms with van der Waals surface area (Å²) in [5.74, 6) is 0.407. The van der Waals surface area contributed by atoms with Gasteiger partial charge in [-0.15, -0.1) is 0 Å². The van der Waals surface area contributed by atoms with Gasteiger partial charge in [0, 0.05) is 11.1 Å². The Morgan fingerprint density at radius 1 is 1.35 bits per heavy atom. The quantitative estimate of drug-likeness (QED) is 0.921. The van der Waals surface area contributed by atoms with Crippen molar-refractivity contribution in [3.8, 4) is 5.75 Å². The smallest absolute Gasteiger partial charge is 0.235 e. The number of hydrogen-bond donors (Lipinski definition) is 1. The van der Waals surface area contributed by atoms with Gasteiger partial charge < -0.3 is 4.74 Å². The van der Waals surface area contributed by atoms with Gasteiger partial charge in [0.05, 0.1) is 18.0 Å². The van der Waals surface area contributed by atoms with Crippen LogP contribution in [0.15, 0.2) is 12.1 Å². The summed E-state index contributed by atoms with van der Waals surface area (Å²) in [6.45, 7) is 5.02. The van der Waals surface area contributed by atoms with Crippen LogP contribution in [0.5, 0.6) is 5.75 Å². The summed E-state index contributed by atoms with van der Waals surface area (Å²) < 4.78 is 31.1. The van der Waals surface area contributed by atoms with E-state index in [0.717, 1.165) is 5.56 Å². The normalized spacial score (nSPS) is 11.6. The van der Waals surface area contributed by atoms with Crippen LogP contribution >= 0.6 is 11.6 Å². The number of halogens is 1. The standard InChI is InChI=1S/C11H16ClNO3S/c1-7(2)17(14,15)13-10-5-8(3)9(12)6-11(10)16-4/h5-7,13H,1-4H3. The predicted molar refractivity (Wildman–Crippen MR) is 70.4 cm³/mol. The molecule has 0 atom stereocenters. The zero-order valence-electron chi connectivity index (χ0n) is 10.2. The maximum atomic E-state index is 11.8. The molecule has 1 rings (SSSR count). The number of benzene rings is 1. The third kappa shape index (κ3) is 3.26. The van der Waals surface area contributed by atoms with Gasteiger partial charge in [-0.1, -0.05) is 11.6 Å². The van der Waals surface area contributed by atoms with E-state index in [1.54, 1.807) is 32.9 Å². The van der Waals surface area contributed by atoms with Gasteiger partial charge in [0.15, 0.2) is 0 Å². The molecule has 6 heteroatoms. The van der Waals surface area contributed by atoms with E-state index >= 15 is 0 Å². The van der Waals surface area contributed by atoms with Gasteiger partial charge in [0.25, 0.3) is 0 Å². The van der Waals surface area contributed by atoms with Crippen LogP contribution in [0.4, 0.5) is 5.69 Å². The fourth-order valence-corrected chi connectivity index (χ4v) is 2.04. The minimum absolute atomic E-state index is 0.406. The van der Waals surface area contributed by atoms with Crippen LogP contribution in [0.25, 0.3) is 0 Å². The first kappa shape index (κ1) is 14.1. The Balaban J connectivity index is 3.19. The summed E-state index contributed by atoms with van der Waals surface area (Å²) in [6, 6.07) is 3.25. The minimum Gasteiger partial charge on any atom is -0.495 e. The third-order valence-electron chi connectivity index (χ3n) is 2.35. The lowest BCUT2D eigenvalue weighted by atomic mass is 10.2. The maximum Gasteiger partial charge on any atom is 0.235 e. The molecular weight excluding hydrogens is 262 g/mol. The molecule has 1 aromatic rings. The summed E-state index contributed by atoms with van der Waals surface area (Å²) in [4.78, 5) is 0.